The van der Waals surface area contributed by atoms with Gasteiger partial charge in [0.1, 0.15) is 0 Å². The van der Waals surface area contributed by atoms with Crippen LogP contribution in [0, 0.1) is 20.8 Å². The number of nitrogens with zero attached hydrogens (tertiary/aromatic N) is 2. The molecule has 2 heterocycles. The summed E-state index contributed by atoms with van der Waals surface area (Å²) < 4.78 is 3.25. The van der Waals surface area contributed by atoms with Gasteiger partial charge in [-0.1, -0.05) is 0 Å². The first-order valence-corrected chi connectivity index (χ1v) is 7.69. The molecule has 0 aromatic carbocycles. The zero-order valence-corrected chi connectivity index (χ0v) is 13.4. The first-order chi connectivity index (χ1) is 8.58. The monoisotopic (exact) mass is 327 g/mol. The van der Waals surface area contributed by atoms with E-state index in [0.717, 1.165) is 25.3 Å². The van der Waals surface area contributed by atoms with Crippen LogP contribution >= 0.6 is 27.3 Å². The van der Waals surface area contributed by atoms with E-state index < -0.39 is 0 Å². The SMILES string of the molecule is Cc1nn(CCNCc2cc(Br)cs2)c(C)c1C. The van der Waals surface area contributed by atoms with Crippen molar-refractivity contribution in [3.05, 3.63) is 37.7 Å². The van der Waals surface area contributed by atoms with Crippen molar-refractivity contribution in [3.63, 3.8) is 0 Å². The number of hydrogen-bond acceptors (Lipinski definition) is 3. The minimum atomic E-state index is 0.924. The fourth-order valence-electron chi connectivity index (χ4n) is 1.85. The zero-order valence-electron chi connectivity index (χ0n) is 11.0. The van der Waals surface area contributed by atoms with Crippen molar-refractivity contribution in [2.45, 2.75) is 33.9 Å². The number of nitrogens with one attached hydrogen (secondary N) is 1. The van der Waals surface area contributed by atoms with E-state index >= 15 is 0 Å². The Balaban J connectivity index is 1.80. The molecule has 0 spiro atoms. The van der Waals surface area contributed by atoms with Crippen LogP contribution in [0.1, 0.15) is 21.8 Å². The first kappa shape index (κ1) is 13.8. The highest BCUT2D eigenvalue weighted by Gasteiger charge is 2.06. The van der Waals surface area contributed by atoms with Gasteiger partial charge in [-0.3, -0.25) is 4.68 Å². The largest absolute Gasteiger partial charge is 0.310 e. The standard InChI is InChI=1S/C13H18BrN3S/c1-9-10(2)16-17(11(9)3)5-4-15-7-13-6-12(14)8-18-13/h6,8,15H,4-5,7H2,1-3H3. The molecule has 0 saturated carbocycles. The lowest BCUT2D eigenvalue weighted by Crippen LogP contribution is -2.20. The number of aryl methyl sites for hydroxylation is 1. The predicted octanol–water partition coefficient (Wildman–Crippen LogP) is 3.42. The van der Waals surface area contributed by atoms with Crippen molar-refractivity contribution in [1.82, 2.24) is 15.1 Å². The van der Waals surface area contributed by atoms with Crippen molar-refractivity contribution in [3.8, 4) is 0 Å². The summed E-state index contributed by atoms with van der Waals surface area (Å²) in [6.45, 7) is 9.12. The van der Waals surface area contributed by atoms with E-state index in [9.17, 15) is 0 Å². The van der Waals surface area contributed by atoms with Crippen LogP contribution in [0.2, 0.25) is 0 Å². The Hall–Kier alpha value is -0.650. The highest BCUT2D eigenvalue weighted by molar-refractivity contribution is 9.10. The Morgan fingerprint density at radius 2 is 2.17 bits per heavy atom. The lowest BCUT2D eigenvalue weighted by molar-refractivity contribution is 0.544. The molecule has 0 aliphatic heterocycles. The zero-order chi connectivity index (χ0) is 13.1. The van der Waals surface area contributed by atoms with Gasteiger partial charge in [0.25, 0.3) is 0 Å². The summed E-state index contributed by atoms with van der Waals surface area (Å²) in [4.78, 5) is 1.35. The van der Waals surface area contributed by atoms with Gasteiger partial charge in [0.2, 0.25) is 0 Å². The second kappa shape index (κ2) is 5.99. The highest BCUT2D eigenvalue weighted by Crippen LogP contribution is 2.19. The van der Waals surface area contributed by atoms with Gasteiger partial charge in [-0.15, -0.1) is 11.3 Å². The van der Waals surface area contributed by atoms with Gasteiger partial charge < -0.3 is 5.32 Å². The van der Waals surface area contributed by atoms with Crippen LogP contribution in [0.5, 0.6) is 0 Å². The third kappa shape index (κ3) is 3.22. The smallest absolute Gasteiger partial charge is 0.0625 e. The van der Waals surface area contributed by atoms with Gasteiger partial charge in [-0.05, 0) is 48.3 Å². The molecule has 18 heavy (non-hydrogen) atoms. The fourth-order valence-corrected chi connectivity index (χ4v) is 3.27. The normalized spacial score (nSPS) is 11.1. The summed E-state index contributed by atoms with van der Waals surface area (Å²) in [5.41, 5.74) is 3.71. The molecule has 2 rings (SSSR count). The lowest BCUT2D eigenvalue weighted by atomic mass is 10.2. The molecule has 0 amide bonds. The average molecular weight is 328 g/mol. The molecule has 1 N–H and O–H groups in total. The molecule has 0 saturated heterocycles. The topological polar surface area (TPSA) is 29.9 Å². The summed E-state index contributed by atoms with van der Waals surface area (Å²) in [5.74, 6) is 0. The van der Waals surface area contributed by atoms with Crippen LogP contribution in [-0.4, -0.2) is 16.3 Å². The van der Waals surface area contributed by atoms with Gasteiger partial charge in [0.05, 0.1) is 12.2 Å². The van der Waals surface area contributed by atoms with Crippen LogP contribution in [0.25, 0.3) is 0 Å². The van der Waals surface area contributed by atoms with E-state index in [1.54, 1.807) is 11.3 Å². The van der Waals surface area contributed by atoms with E-state index in [0.29, 0.717) is 0 Å². The minimum Gasteiger partial charge on any atom is -0.310 e. The third-order valence-electron chi connectivity index (χ3n) is 3.16. The molecule has 98 valence electrons. The van der Waals surface area contributed by atoms with Crippen LogP contribution in [-0.2, 0) is 13.1 Å². The highest BCUT2D eigenvalue weighted by atomic mass is 79.9. The summed E-state index contributed by atoms with van der Waals surface area (Å²) in [6, 6.07) is 2.16. The maximum absolute atomic E-state index is 4.53. The van der Waals surface area contributed by atoms with Crippen molar-refractivity contribution in [1.29, 1.82) is 0 Å². The van der Waals surface area contributed by atoms with Gasteiger partial charge in [-0.25, -0.2) is 0 Å². The number of thiophene rings is 1. The Morgan fingerprint density at radius 1 is 1.39 bits per heavy atom. The number of rotatable bonds is 5. The van der Waals surface area contributed by atoms with Gasteiger partial charge in [-0.2, -0.15) is 5.10 Å². The molecule has 0 bridgehead atoms. The van der Waals surface area contributed by atoms with Crippen LogP contribution in [0.3, 0.4) is 0 Å². The lowest BCUT2D eigenvalue weighted by Gasteiger charge is -2.05. The minimum absolute atomic E-state index is 0.924. The van der Waals surface area contributed by atoms with E-state index in [4.69, 9.17) is 0 Å². The molecular weight excluding hydrogens is 310 g/mol. The molecule has 0 aliphatic carbocycles. The molecule has 0 atom stereocenters. The molecule has 3 nitrogen and oxygen atoms in total. The van der Waals surface area contributed by atoms with Gasteiger partial charge in [0, 0.05) is 33.5 Å². The molecule has 2 aromatic rings. The van der Waals surface area contributed by atoms with Crippen molar-refractivity contribution in [2.24, 2.45) is 0 Å². The van der Waals surface area contributed by atoms with Gasteiger partial charge in [0.15, 0.2) is 0 Å². The maximum atomic E-state index is 4.53. The second-order valence-electron chi connectivity index (χ2n) is 4.43. The van der Waals surface area contributed by atoms with Crippen LogP contribution in [0.4, 0.5) is 0 Å². The van der Waals surface area contributed by atoms with Crippen LogP contribution < -0.4 is 5.32 Å². The Kier molecular flexibility index (Phi) is 4.59. The summed E-state index contributed by atoms with van der Waals surface area (Å²) in [7, 11) is 0. The summed E-state index contributed by atoms with van der Waals surface area (Å²) in [6.07, 6.45) is 0. The second-order valence-corrected chi connectivity index (χ2v) is 6.34. The Morgan fingerprint density at radius 3 is 2.72 bits per heavy atom. The molecule has 0 aliphatic rings. The van der Waals surface area contributed by atoms with Gasteiger partial charge >= 0.3 is 0 Å². The molecule has 5 heteroatoms. The molecule has 0 fully saturated rings. The quantitative estimate of drug-likeness (QED) is 0.853. The van der Waals surface area contributed by atoms with E-state index in [1.807, 2.05) is 0 Å². The summed E-state index contributed by atoms with van der Waals surface area (Å²) in [5, 5.41) is 10.1. The Bertz CT molecular complexity index is 530. The molecule has 0 radical (unpaired) electrons. The number of aromatic nitrogens is 2. The van der Waals surface area contributed by atoms with Crippen molar-refractivity contribution < 1.29 is 0 Å². The first-order valence-electron chi connectivity index (χ1n) is 6.02. The Labute approximate surface area is 120 Å². The third-order valence-corrected chi connectivity index (χ3v) is 4.86. The number of hydrogen-bond donors (Lipinski definition) is 1. The maximum Gasteiger partial charge on any atom is 0.0625 e. The molecule has 0 unspecified atom stereocenters. The van der Waals surface area contributed by atoms with E-state index in [2.05, 4.69) is 63.2 Å². The van der Waals surface area contributed by atoms with Crippen molar-refractivity contribution >= 4 is 27.3 Å². The average Bonchev–Trinajstić information content (AvgIpc) is 2.85. The fraction of sp³-hybridized carbons (Fsp3) is 0.462. The predicted molar refractivity (Wildman–Crippen MR) is 80.2 cm³/mol. The van der Waals surface area contributed by atoms with E-state index in [1.165, 1.54) is 20.6 Å². The van der Waals surface area contributed by atoms with E-state index in [-0.39, 0.29) is 0 Å². The van der Waals surface area contributed by atoms with Crippen LogP contribution in [0.15, 0.2) is 15.9 Å². The molecular formula is C13H18BrN3S. The number of halogens is 1. The molecule has 2 aromatic heterocycles. The van der Waals surface area contributed by atoms with Crippen molar-refractivity contribution in [2.75, 3.05) is 6.54 Å². The summed E-state index contributed by atoms with van der Waals surface area (Å²) >= 11 is 5.24.